The molecule has 0 fully saturated rings. The van der Waals surface area contributed by atoms with E-state index in [2.05, 4.69) is 155 Å². The number of hydrogen-bond donors (Lipinski definition) is 0. The molecule has 0 radical (unpaired) electrons. The van der Waals surface area contributed by atoms with Gasteiger partial charge >= 0.3 is 0 Å². The van der Waals surface area contributed by atoms with Crippen LogP contribution in [-0.4, -0.2) is 0 Å². The molecule has 0 aliphatic heterocycles. The average Bonchev–Trinajstić information content (AvgIpc) is 2.88. The fourth-order valence-electron chi connectivity index (χ4n) is 4.37. The number of quaternary nitrogens is 1. The summed E-state index contributed by atoms with van der Waals surface area (Å²) in [5.41, 5.74) is 7.18. The van der Waals surface area contributed by atoms with Crippen LogP contribution in [0.5, 0.6) is 0 Å². The van der Waals surface area contributed by atoms with Gasteiger partial charge in [0, 0.05) is 53.0 Å². The molecule has 154 valence electrons. The molecule has 1 nitrogen and oxygen atoms in total. The summed E-state index contributed by atoms with van der Waals surface area (Å²) in [5.74, 6) is 0. The van der Waals surface area contributed by atoms with E-state index in [1.54, 1.807) is 0 Å². The first-order chi connectivity index (χ1) is 15.8. The Hall–Kier alpha value is -3.46. The van der Waals surface area contributed by atoms with Gasteiger partial charge < -0.3 is 0 Å². The molecule has 5 rings (SSSR count). The molecule has 32 heavy (non-hydrogen) atoms. The Balaban J connectivity index is 1.79. The van der Waals surface area contributed by atoms with Gasteiger partial charge in [0.1, 0.15) is 22.7 Å². The van der Waals surface area contributed by atoms with Crippen LogP contribution in [0.25, 0.3) is 11.1 Å². The third-order valence-corrected chi connectivity index (χ3v) is 6.39. The van der Waals surface area contributed by atoms with Gasteiger partial charge in [0.2, 0.25) is 0 Å². The van der Waals surface area contributed by atoms with Gasteiger partial charge in [0.05, 0.1) is 0 Å². The second kappa shape index (κ2) is 8.96. The summed E-state index contributed by atoms with van der Waals surface area (Å²) in [6.45, 7) is 0. The van der Waals surface area contributed by atoms with Crippen molar-refractivity contribution in [1.82, 2.24) is 4.48 Å². The van der Waals surface area contributed by atoms with Crippen LogP contribution in [0.2, 0.25) is 0 Å². The minimum atomic E-state index is 0.504. The van der Waals surface area contributed by atoms with Crippen LogP contribution in [0.4, 0.5) is 22.7 Å². The Morgan fingerprint density at radius 3 is 1.16 bits per heavy atom. The summed E-state index contributed by atoms with van der Waals surface area (Å²) in [7, 11) is 0. The Labute approximate surface area is 197 Å². The van der Waals surface area contributed by atoms with Crippen molar-refractivity contribution in [3.8, 4) is 11.1 Å². The van der Waals surface area contributed by atoms with Crippen molar-refractivity contribution in [2.24, 2.45) is 0 Å². The molecule has 0 aliphatic carbocycles. The van der Waals surface area contributed by atoms with E-state index in [1.165, 1.54) is 33.9 Å². The smallest absolute Gasteiger partial charge is 0.148 e. The van der Waals surface area contributed by atoms with Gasteiger partial charge in [0.15, 0.2) is 0 Å². The van der Waals surface area contributed by atoms with Crippen molar-refractivity contribution in [1.29, 1.82) is 0 Å². The van der Waals surface area contributed by atoms with E-state index in [-0.39, 0.29) is 0 Å². The monoisotopic (exact) mass is 476 g/mol. The van der Waals surface area contributed by atoms with Crippen molar-refractivity contribution in [3.05, 3.63) is 144 Å². The largest absolute Gasteiger partial charge is 0.194 e. The maximum Gasteiger partial charge on any atom is 0.148 e. The highest BCUT2D eigenvalue weighted by molar-refractivity contribution is 9.10. The topological polar surface area (TPSA) is 0 Å². The lowest BCUT2D eigenvalue weighted by Crippen LogP contribution is -2.33. The Kier molecular flexibility index (Phi) is 5.72. The van der Waals surface area contributed by atoms with E-state index in [0.29, 0.717) is 4.48 Å². The van der Waals surface area contributed by atoms with Gasteiger partial charge in [-0.1, -0.05) is 82.7 Å². The van der Waals surface area contributed by atoms with E-state index < -0.39 is 0 Å². The molecule has 0 unspecified atom stereocenters. The summed E-state index contributed by atoms with van der Waals surface area (Å²) in [6, 6.07) is 49.6. The molecule has 5 aromatic rings. The van der Waals surface area contributed by atoms with Gasteiger partial charge in [-0.15, -0.1) is 0 Å². The Morgan fingerprint density at radius 2 is 0.688 bits per heavy atom. The highest BCUT2D eigenvalue weighted by Crippen LogP contribution is 2.51. The lowest BCUT2D eigenvalue weighted by molar-refractivity contribution is 0.704. The zero-order valence-corrected chi connectivity index (χ0v) is 19.2. The predicted octanol–water partition coefficient (Wildman–Crippen LogP) is 9.42. The van der Waals surface area contributed by atoms with Gasteiger partial charge in [-0.3, -0.25) is 0 Å². The van der Waals surface area contributed by atoms with Crippen molar-refractivity contribution >= 4 is 38.7 Å². The maximum atomic E-state index is 3.61. The molecule has 0 amide bonds. The van der Waals surface area contributed by atoms with Crippen molar-refractivity contribution < 1.29 is 0 Å². The van der Waals surface area contributed by atoms with E-state index in [4.69, 9.17) is 0 Å². The summed E-state index contributed by atoms with van der Waals surface area (Å²) >= 11 is 3.61. The molecule has 0 saturated heterocycles. The predicted molar refractivity (Wildman–Crippen MR) is 140 cm³/mol. The van der Waals surface area contributed by atoms with Crippen molar-refractivity contribution in [2.75, 3.05) is 0 Å². The molecule has 5 aromatic carbocycles. The molecule has 0 aromatic heterocycles. The van der Waals surface area contributed by atoms with Crippen molar-refractivity contribution in [3.63, 3.8) is 0 Å². The third-order valence-electron chi connectivity index (χ3n) is 5.86. The molecule has 0 bridgehead atoms. The molecular formula is C30H23BrN+. The zero-order chi connectivity index (χ0) is 21.8. The minimum absolute atomic E-state index is 0.504. The molecule has 0 heterocycles. The van der Waals surface area contributed by atoms with Gasteiger partial charge in [-0.05, 0) is 35.4 Å². The number of hydrogen-bond acceptors (Lipinski definition) is 0. The van der Waals surface area contributed by atoms with Crippen LogP contribution in [0.15, 0.2) is 144 Å². The lowest BCUT2D eigenvalue weighted by Gasteiger charge is -2.37. The van der Waals surface area contributed by atoms with Crippen LogP contribution >= 0.6 is 15.9 Å². The average molecular weight is 477 g/mol. The van der Waals surface area contributed by atoms with E-state index in [1.807, 2.05) is 0 Å². The van der Waals surface area contributed by atoms with Gasteiger partial charge in [0.25, 0.3) is 0 Å². The van der Waals surface area contributed by atoms with E-state index in [9.17, 15) is 0 Å². The van der Waals surface area contributed by atoms with Crippen LogP contribution in [-0.2, 0) is 0 Å². The van der Waals surface area contributed by atoms with Gasteiger partial charge in [-0.2, -0.15) is 4.48 Å². The van der Waals surface area contributed by atoms with Crippen LogP contribution < -0.4 is 4.48 Å². The fourth-order valence-corrected chi connectivity index (χ4v) is 4.63. The van der Waals surface area contributed by atoms with E-state index in [0.717, 1.165) is 4.47 Å². The normalized spacial score (nSPS) is 11.3. The molecule has 0 N–H and O–H groups in total. The fraction of sp³-hybridized carbons (Fsp3) is 0. The highest BCUT2D eigenvalue weighted by atomic mass is 79.9. The molecule has 0 atom stereocenters. The number of rotatable bonds is 5. The first-order valence-corrected chi connectivity index (χ1v) is 11.5. The summed E-state index contributed by atoms with van der Waals surface area (Å²) in [4.78, 5) is 0. The summed E-state index contributed by atoms with van der Waals surface area (Å²) in [5, 5.41) is 0. The first kappa shape index (κ1) is 20.4. The van der Waals surface area contributed by atoms with Crippen LogP contribution in [0.1, 0.15) is 0 Å². The van der Waals surface area contributed by atoms with Crippen LogP contribution in [0.3, 0.4) is 0 Å². The van der Waals surface area contributed by atoms with Gasteiger partial charge in [-0.25, -0.2) is 0 Å². The quantitative estimate of drug-likeness (QED) is 0.221. The third kappa shape index (κ3) is 3.69. The van der Waals surface area contributed by atoms with E-state index >= 15 is 0 Å². The second-order valence-electron chi connectivity index (χ2n) is 7.73. The number of benzene rings is 5. The summed E-state index contributed by atoms with van der Waals surface area (Å²) in [6.07, 6.45) is 0. The number of nitrogens with zero attached hydrogens (tertiary/aromatic N) is 1. The minimum Gasteiger partial charge on any atom is -0.194 e. The molecule has 0 saturated carbocycles. The Morgan fingerprint density at radius 1 is 0.344 bits per heavy atom. The number of halogens is 1. The van der Waals surface area contributed by atoms with Crippen molar-refractivity contribution in [2.45, 2.75) is 0 Å². The molecular weight excluding hydrogens is 454 g/mol. The van der Waals surface area contributed by atoms with Crippen LogP contribution in [0, 0.1) is 0 Å². The molecule has 0 spiro atoms. The highest BCUT2D eigenvalue weighted by Gasteiger charge is 2.38. The second-order valence-corrected chi connectivity index (χ2v) is 8.65. The maximum absolute atomic E-state index is 3.61. The Bertz CT molecular complexity index is 1240. The first-order valence-electron chi connectivity index (χ1n) is 10.7. The molecule has 2 heteroatoms. The lowest BCUT2D eigenvalue weighted by atomic mass is 10.0. The molecule has 0 aliphatic rings. The zero-order valence-electron chi connectivity index (χ0n) is 17.6. The SMILES string of the molecule is Brc1ccc([N+](c2ccccc2)(c2ccccc2)c2ccc(-c3ccccc3)cc2)cc1. The number of para-hydroxylation sites is 2. The standard InChI is InChI=1S/C30H23BrN/c31-26-18-22-30(23-19-26)32(27-12-6-2-7-13-27,28-14-8-3-9-15-28)29-20-16-25(17-21-29)24-10-4-1-5-11-24/h1-23H/q+1. The summed E-state index contributed by atoms with van der Waals surface area (Å²) < 4.78 is 1.57.